The Bertz CT molecular complexity index is 338. The van der Waals surface area contributed by atoms with Gasteiger partial charge in [0, 0.05) is 24.7 Å². The molecule has 0 amide bonds. The van der Waals surface area contributed by atoms with Gasteiger partial charge in [-0.3, -0.25) is 4.90 Å². The molecule has 2 aliphatic carbocycles. The molecule has 2 N–H and O–H groups in total. The van der Waals surface area contributed by atoms with Gasteiger partial charge in [0.1, 0.15) is 0 Å². The molecule has 0 radical (unpaired) electrons. The molecular formula is C18H34N2. The van der Waals surface area contributed by atoms with Crippen molar-refractivity contribution >= 4 is 0 Å². The largest absolute Gasteiger partial charge is 0.329 e. The van der Waals surface area contributed by atoms with Gasteiger partial charge in [-0.15, -0.1) is 0 Å². The third-order valence-electron chi connectivity index (χ3n) is 6.73. The van der Waals surface area contributed by atoms with Crippen LogP contribution in [0.4, 0.5) is 0 Å². The number of piperidine rings is 1. The molecule has 0 aromatic rings. The Morgan fingerprint density at radius 3 is 2.50 bits per heavy atom. The van der Waals surface area contributed by atoms with Gasteiger partial charge in [0.05, 0.1) is 0 Å². The molecule has 2 saturated carbocycles. The van der Waals surface area contributed by atoms with Crippen molar-refractivity contribution in [3.8, 4) is 0 Å². The van der Waals surface area contributed by atoms with Gasteiger partial charge in [0.25, 0.3) is 0 Å². The molecule has 1 heterocycles. The SMILES string of the molecule is CC1CC(C)C(C)N(C2(CN)CCCC(C3CC3)C2)C1. The minimum absolute atomic E-state index is 0.327. The Hall–Kier alpha value is -0.0800. The smallest absolute Gasteiger partial charge is 0.0337 e. The highest BCUT2D eigenvalue weighted by Crippen LogP contribution is 2.49. The van der Waals surface area contributed by atoms with Gasteiger partial charge in [-0.2, -0.15) is 0 Å². The summed E-state index contributed by atoms with van der Waals surface area (Å²) >= 11 is 0. The van der Waals surface area contributed by atoms with Crippen LogP contribution in [0, 0.1) is 23.7 Å². The maximum Gasteiger partial charge on any atom is 0.0337 e. The predicted molar refractivity (Wildman–Crippen MR) is 85.6 cm³/mol. The molecule has 0 bridgehead atoms. The fourth-order valence-corrected chi connectivity index (χ4v) is 5.26. The summed E-state index contributed by atoms with van der Waals surface area (Å²) in [5.41, 5.74) is 6.69. The Kier molecular flexibility index (Phi) is 4.16. The van der Waals surface area contributed by atoms with E-state index in [1.807, 2.05) is 0 Å². The van der Waals surface area contributed by atoms with E-state index in [1.54, 1.807) is 0 Å². The maximum absolute atomic E-state index is 6.36. The summed E-state index contributed by atoms with van der Waals surface area (Å²) in [5, 5.41) is 0. The van der Waals surface area contributed by atoms with E-state index in [9.17, 15) is 0 Å². The zero-order valence-electron chi connectivity index (χ0n) is 13.8. The molecular weight excluding hydrogens is 244 g/mol. The van der Waals surface area contributed by atoms with Crippen molar-refractivity contribution < 1.29 is 0 Å². The molecule has 3 fully saturated rings. The highest BCUT2D eigenvalue weighted by molar-refractivity contribution is 5.03. The van der Waals surface area contributed by atoms with Crippen LogP contribution in [-0.4, -0.2) is 29.6 Å². The fraction of sp³-hybridized carbons (Fsp3) is 1.00. The summed E-state index contributed by atoms with van der Waals surface area (Å²) in [6.45, 7) is 9.48. The van der Waals surface area contributed by atoms with Crippen molar-refractivity contribution in [1.29, 1.82) is 0 Å². The second-order valence-corrected chi connectivity index (χ2v) is 8.33. The normalized spacial score (nSPS) is 47.4. The molecule has 0 spiro atoms. The summed E-state index contributed by atoms with van der Waals surface area (Å²) in [4.78, 5) is 2.85. The Morgan fingerprint density at radius 2 is 1.85 bits per heavy atom. The molecule has 1 saturated heterocycles. The van der Waals surface area contributed by atoms with Gasteiger partial charge in [0.15, 0.2) is 0 Å². The first-order chi connectivity index (χ1) is 9.55. The van der Waals surface area contributed by atoms with Crippen LogP contribution in [0.2, 0.25) is 0 Å². The van der Waals surface area contributed by atoms with Gasteiger partial charge in [0.2, 0.25) is 0 Å². The second-order valence-electron chi connectivity index (χ2n) is 8.33. The number of hydrogen-bond acceptors (Lipinski definition) is 2. The monoisotopic (exact) mass is 278 g/mol. The summed E-state index contributed by atoms with van der Waals surface area (Å²) in [5.74, 6) is 3.69. The summed E-state index contributed by atoms with van der Waals surface area (Å²) < 4.78 is 0. The Morgan fingerprint density at radius 1 is 1.10 bits per heavy atom. The lowest BCUT2D eigenvalue weighted by Gasteiger charge is -2.55. The van der Waals surface area contributed by atoms with E-state index in [4.69, 9.17) is 5.73 Å². The Labute approximate surface area is 125 Å². The molecule has 20 heavy (non-hydrogen) atoms. The molecule has 3 rings (SSSR count). The first kappa shape index (κ1) is 14.8. The summed E-state index contributed by atoms with van der Waals surface area (Å²) in [6.07, 6.45) is 9.99. The van der Waals surface area contributed by atoms with Crippen molar-refractivity contribution in [2.24, 2.45) is 29.4 Å². The standard InChI is InChI=1S/C18H34N2/c1-13-9-14(2)15(3)20(11-13)18(12-19)8-4-5-17(10-18)16-6-7-16/h13-17H,4-12,19H2,1-3H3. The third-order valence-corrected chi connectivity index (χ3v) is 6.73. The fourth-order valence-electron chi connectivity index (χ4n) is 5.26. The highest BCUT2D eigenvalue weighted by Gasteiger charge is 2.47. The Balaban J connectivity index is 1.79. The molecule has 2 heteroatoms. The van der Waals surface area contributed by atoms with Crippen LogP contribution in [0.25, 0.3) is 0 Å². The van der Waals surface area contributed by atoms with Crippen LogP contribution in [0.15, 0.2) is 0 Å². The first-order valence-electron chi connectivity index (χ1n) is 9.02. The number of rotatable bonds is 3. The molecule has 0 aromatic heterocycles. The van der Waals surface area contributed by atoms with Crippen LogP contribution >= 0.6 is 0 Å². The van der Waals surface area contributed by atoms with Gasteiger partial charge in [-0.05, 0) is 62.7 Å². The van der Waals surface area contributed by atoms with E-state index in [-0.39, 0.29) is 0 Å². The topological polar surface area (TPSA) is 29.3 Å². The molecule has 5 unspecified atom stereocenters. The zero-order chi connectivity index (χ0) is 14.3. The van der Waals surface area contributed by atoms with Crippen molar-refractivity contribution in [2.45, 2.75) is 77.3 Å². The van der Waals surface area contributed by atoms with Gasteiger partial charge in [-0.25, -0.2) is 0 Å². The highest BCUT2D eigenvalue weighted by atomic mass is 15.2. The molecule has 1 aliphatic heterocycles. The van der Waals surface area contributed by atoms with Crippen molar-refractivity contribution in [3.05, 3.63) is 0 Å². The van der Waals surface area contributed by atoms with Crippen LogP contribution < -0.4 is 5.73 Å². The van der Waals surface area contributed by atoms with Crippen LogP contribution in [0.5, 0.6) is 0 Å². The van der Waals surface area contributed by atoms with E-state index in [1.165, 1.54) is 51.5 Å². The van der Waals surface area contributed by atoms with Gasteiger partial charge >= 0.3 is 0 Å². The van der Waals surface area contributed by atoms with E-state index in [0.29, 0.717) is 11.6 Å². The predicted octanol–water partition coefficient (Wildman–Crippen LogP) is 3.65. The number of likely N-dealkylation sites (tertiary alicyclic amines) is 1. The third kappa shape index (κ3) is 2.66. The molecule has 2 nitrogen and oxygen atoms in total. The van der Waals surface area contributed by atoms with Crippen LogP contribution in [0.3, 0.4) is 0 Å². The lowest BCUT2D eigenvalue weighted by Crippen LogP contribution is -2.63. The number of nitrogens with two attached hydrogens (primary N) is 1. The molecule has 3 aliphatic rings. The molecule has 5 atom stereocenters. The van der Waals surface area contributed by atoms with E-state index in [2.05, 4.69) is 25.7 Å². The van der Waals surface area contributed by atoms with Crippen molar-refractivity contribution in [1.82, 2.24) is 4.90 Å². The summed E-state index contributed by atoms with van der Waals surface area (Å²) in [7, 11) is 0. The minimum atomic E-state index is 0.327. The van der Waals surface area contributed by atoms with Crippen LogP contribution in [0.1, 0.15) is 65.7 Å². The van der Waals surface area contributed by atoms with Crippen molar-refractivity contribution in [2.75, 3.05) is 13.1 Å². The number of hydrogen-bond donors (Lipinski definition) is 1. The zero-order valence-corrected chi connectivity index (χ0v) is 13.8. The quantitative estimate of drug-likeness (QED) is 0.854. The average molecular weight is 278 g/mol. The first-order valence-corrected chi connectivity index (χ1v) is 9.02. The van der Waals surface area contributed by atoms with E-state index < -0.39 is 0 Å². The van der Waals surface area contributed by atoms with Crippen molar-refractivity contribution in [3.63, 3.8) is 0 Å². The van der Waals surface area contributed by atoms with Gasteiger partial charge < -0.3 is 5.73 Å². The second kappa shape index (κ2) is 5.61. The lowest BCUT2D eigenvalue weighted by molar-refractivity contribution is -0.0476. The molecule has 0 aromatic carbocycles. The van der Waals surface area contributed by atoms with Crippen LogP contribution in [-0.2, 0) is 0 Å². The summed E-state index contributed by atoms with van der Waals surface area (Å²) in [6, 6.07) is 0.715. The van der Waals surface area contributed by atoms with E-state index in [0.717, 1.165) is 30.2 Å². The average Bonchev–Trinajstić information content (AvgIpc) is 3.27. The lowest BCUT2D eigenvalue weighted by atomic mass is 9.70. The maximum atomic E-state index is 6.36. The number of nitrogens with zero attached hydrogens (tertiary/aromatic N) is 1. The van der Waals surface area contributed by atoms with Gasteiger partial charge in [-0.1, -0.05) is 26.7 Å². The molecule has 116 valence electrons. The van der Waals surface area contributed by atoms with E-state index >= 15 is 0 Å². The minimum Gasteiger partial charge on any atom is -0.329 e.